The molecule has 5 aromatic carbocycles. The van der Waals surface area contributed by atoms with Gasteiger partial charge in [-0.15, -0.1) is 0 Å². The molecule has 0 saturated heterocycles. The van der Waals surface area contributed by atoms with E-state index in [0.717, 1.165) is 19.4 Å². The molecule has 0 N–H and O–H groups in total. The van der Waals surface area contributed by atoms with Crippen LogP contribution in [-0.4, -0.2) is 4.57 Å². The zero-order valence-electron chi connectivity index (χ0n) is 18.9. The number of hydrogen-bond donors (Lipinski definition) is 0. The van der Waals surface area contributed by atoms with Crippen LogP contribution >= 0.6 is 0 Å². The van der Waals surface area contributed by atoms with Crippen LogP contribution in [0, 0.1) is 0 Å². The van der Waals surface area contributed by atoms with Gasteiger partial charge < -0.3 is 4.57 Å². The number of rotatable bonds is 2. The van der Waals surface area contributed by atoms with Crippen LogP contribution in [0.4, 0.5) is 0 Å². The first-order valence-electron chi connectivity index (χ1n) is 12.2. The van der Waals surface area contributed by atoms with Gasteiger partial charge in [-0.25, -0.2) is 0 Å². The van der Waals surface area contributed by atoms with Crippen molar-refractivity contribution in [2.45, 2.75) is 19.4 Å². The smallest absolute Gasteiger partial charge is 0.0494 e. The summed E-state index contributed by atoms with van der Waals surface area (Å²) in [6.07, 6.45) is 2.10. The highest BCUT2D eigenvalue weighted by Gasteiger charge is 2.25. The van der Waals surface area contributed by atoms with Crippen molar-refractivity contribution in [3.05, 3.63) is 131 Å². The molecule has 1 aromatic heterocycles. The predicted molar refractivity (Wildman–Crippen MR) is 141 cm³/mol. The third-order valence-corrected chi connectivity index (χ3v) is 7.88. The molecule has 1 heteroatoms. The van der Waals surface area contributed by atoms with E-state index in [1.807, 2.05) is 0 Å². The molecule has 2 aliphatic rings. The predicted octanol–water partition coefficient (Wildman–Crippen LogP) is 7.99. The first-order chi connectivity index (χ1) is 16.8. The maximum Gasteiger partial charge on any atom is 0.0494 e. The fraction of sp³-hybridized carbons (Fsp3) is 0.0909. The summed E-state index contributed by atoms with van der Waals surface area (Å²) in [5.74, 6) is 0. The van der Waals surface area contributed by atoms with Crippen molar-refractivity contribution in [3.63, 3.8) is 0 Å². The summed E-state index contributed by atoms with van der Waals surface area (Å²) < 4.78 is 2.47. The van der Waals surface area contributed by atoms with Gasteiger partial charge in [0.05, 0.1) is 0 Å². The number of aromatic nitrogens is 1. The van der Waals surface area contributed by atoms with E-state index in [1.54, 1.807) is 0 Å². The lowest BCUT2D eigenvalue weighted by Crippen LogP contribution is -2.00. The SMILES string of the molecule is c1ccc2c(c1)Cc1cc3c(cc1-2)-c1ccc(Cn2c4ccccc4c4ccccc42)cc1C3. The molecule has 0 fully saturated rings. The average Bonchev–Trinajstić information content (AvgIpc) is 3.52. The van der Waals surface area contributed by atoms with E-state index in [2.05, 4.69) is 108 Å². The molecule has 0 bridgehead atoms. The second-order valence-electron chi connectivity index (χ2n) is 9.79. The Hall–Kier alpha value is -4.10. The van der Waals surface area contributed by atoms with E-state index in [1.165, 1.54) is 71.9 Å². The molecule has 6 aromatic rings. The normalized spacial score (nSPS) is 13.2. The summed E-state index contributed by atoms with van der Waals surface area (Å²) in [6, 6.07) is 38.5. The van der Waals surface area contributed by atoms with E-state index in [9.17, 15) is 0 Å². The highest BCUT2D eigenvalue weighted by Crippen LogP contribution is 2.45. The third-order valence-electron chi connectivity index (χ3n) is 7.88. The Labute approximate surface area is 198 Å². The molecule has 2 aliphatic carbocycles. The molecule has 0 amide bonds. The van der Waals surface area contributed by atoms with Crippen LogP contribution in [0.25, 0.3) is 44.1 Å². The van der Waals surface area contributed by atoms with Gasteiger partial charge in [0.25, 0.3) is 0 Å². The summed E-state index contributed by atoms with van der Waals surface area (Å²) >= 11 is 0. The van der Waals surface area contributed by atoms with Gasteiger partial charge in [-0.1, -0.05) is 84.9 Å². The van der Waals surface area contributed by atoms with Crippen LogP contribution < -0.4 is 0 Å². The Balaban J connectivity index is 1.21. The molecule has 0 spiro atoms. The number of para-hydroxylation sites is 2. The molecule has 0 radical (unpaired) electrons. The Morgan fingerprint density at radius 2 is 1.06 bits per heavy atom. The van der Waals surface area contributed by atoms with E-state index < -0.39 is 0 Å². The molecule has 1 nitrogen and oxygen atoms in total. The van der Waals surface area contributed by atoms with Crippen molar-refractivity contribution in [3.8, 4) is 22.3 Å². The molecule has 34 heavy (non-hydrogen) atoms. The quantitative estimate of drug-likeness (QED) is 0.260. The topological polar surface area (TPSA) is 4.93 Å². The standard InChI is InChI=1S/C33H23N/c1-2-8-26-22(7-1)16-24-18-25-17-23-15-21(13-14-27(23)31(25)19-30(24)26)20-34-32-11-5-3-9-28(32)29-10-4-6-12-33(29)34/h1-15,18-19H,16-17,20H2. The van der Waals surface area contributed by atoms with Gasteiger partial charge in [0.1, 0.15) is 0 Å². The summed E-state index contributed by atoms with van der Waals surface area (Å²) in [7, 11) is 0. The maximum absolute atomic E-state index is 2.47. The molecular formula is C33H23N. The van der Waals surface area contributed by atoms with E-state index in [4.69, 9.17) is 0 Å². The monoisotopic (exact) mass is 433 g/mol. The molecule has 0 saturated carbocycles. The first-order valence-corrected chi connectivity index (χ1v) is 12.2. The average molecular weight is 434 g/mol. The van der Waals surface area contributed by atoms with Gasteiger partial charge in [0.15, 0.2) is 0 Å². The van der Waals surface area contributed by atoms with Crippen LogP contribution in [0.5, 0.6) is 0 Å². The van der Waals surface area contributed by atoms with Crippen LogP contribution in [0.1, 0.15) is 27.8 Å². The van der Waals surface area contributed by atoms with Crippen molar-refractivity contribution in [1.82, 2.24) is 4.57 Å². The second kappa shape index (κ2) is 6.71. The molecular weight excluding hydrogens is 410 g/mol. The van der Waals surface area contributed by atoms with Crippen molar-refractivity contribution in [2.75, 3.05) is 0 Å². The summed E-state index contributed by atoms with van der Waals surface area (Å²) in [4.78, 5) is 0. The lowest BCUT2D eigenvalue weighted by atomic mass is 9.97. The van der Waals surface area contributed by atoms with Gasteiger partial charge in [-0.05, 0) is 81.1 Å². The van der Waals surface area contributed by atoms with E-state index in [-0.39, 0.29) is 0 Å². The Bertz CT molecular complexity index is 1730. The number of hydrogen-bond acceptors (Lipinski definition) is 0. The van der Waals surface area contributed by atoms with Crippen molar-refractivity contribution < 1.29 is 0 Å². The minimum atomic E-state index is 0.890. The number of nitrogens with zero attached hydrogens (tertiary/aromatic N) is 1. The van der Waals surface area contributed by atoms with E-state index >= 15 is 0 Å². The summed E-state index contributed by atoms with van der Waals surface area (Å²) in [5.41, 5.74) is 15.6. The lowest BCUT2D eigenvalue weighted by molar-refractivity contribution is 0.867. The summed E-state index contributed by atoms with van der Waals surface area (Å²) in [5, 5.41) is 2.67. The fourth-order valence-corrected chi connectivity index (χ4v) is 6.35. The van der Waals surface area contributed by atoms with Crippen molar-refractivity contribution in [1.29, 1.82) is 0 Å². The summed E-state index contributed by atoms with van der Waals surface area (Å²) in [6.45, 7) is 0.890. The van der Waals surface area contributed by atoms with Crippen LogP contribution in [0.3, 0.4) is 0 Å². The third kappa shape index (κ3) is 2.50. The molecule has 0 atom stereocenters. The van der Waals surface area contributed by atoms with Gasteiger partial charge in [-0.3, -0.25) is 0 Å². The Morgan fingerprint density at radius 3 is 1.82 bits per heavy atom. The fourth-order valence-electron chi connectivity index (χ4n) is 6.35. The van der Waals surface area contributed by atoms with Gasteiger partial charge in [0, 0.05) is 28.4 Å². The Kier molecular flexibility index (Phi) is 3.62. The minimum absolute atomic E-state index is 0.890. The van der Waals surface area contributed by atoms with E-state index in [0.29, 0.717) is 0 Å². The maximum atomic E-state index is 2.47. The highest BCUT2D eigenvalue weighted by atomic mass is 15.0. The Morgan fingerprint density at radius 1 is 0.471 bits per heavy atom. The second-order valence-corrected chi connectivity index (χ2v) is 9.79. The minimum Gasteiger partial charge on any atom is -0.336 e. The van der Waals surface area contributed by atoms with Crippen LogP contribution in [0.15, 0.2) is 103 Å². The first kappa shape index (κ1) is 18.3. The zero-order valence-corrected chi connectivity index (χ0v) is 18.9. The molecule has 0 aliphatic heterocycles. The van der Waals surface area contributed by atoms with Crippen molar-refractivity contribution >= 4 is 21.8 Å². The highest BCUT2D eigenvalue weighted by molar-refractivity contribution is 6.08. The largest absolute Gasteiger partial charge is 0.336 e. The molecule has 8 rings (SSSR count). The van der Waals surface area contributed by atoms with Gasteiger partial charge >= 0.3 is 0 Å². The van der Waals surface area contributed by atoms with Crippen LogP contribution in [0.2, 0.25) is 0 Å². The number of fused-ring (bicyclic) bond motifs is 9. The molecule has 1 heterocycles. The van der Waals surface area contributed by atoms with Gasteiger partial charge in [0.2, 0.25) is 0 Å². The zero-order chi connectivity index (χ0) is 22.2. The van der Waals surface area contributed by atoms with Gasteiger partial charge in [-0.2, -0.15) is 0 Å². The van der Waals surface area contributed by atoms with Crippen molar-refractivity contribution in [2.24, 2.45) is 0 Å². The molecule has 0 unspecified atom stereocenters. The lowest BCUT2D eigenvalue weighted by Gasteiger charge is -2.10. The molecule has 160 valence electrons. The van der Waals surface area contributed by atoms with Crippen LogP contribution in [-0.2, 0) is 19.4 Å². The number of benzene rings is 5.